The van der Waals surface area contributed by atoms with Crippen molar-refractivity contribution < 1.29 is 24.1 Å². The number of hydrogen-bond acceptors (Lipinski definition) is 5. The summed E-state index contributed by atoms with van der Waals surface area (Å²) in [6.45, 7) is 0.627. The van der Waals surface area contributed by atoms with E-state index < -0.39 is 0 Å². The maximum atomic E-state index is 12.4. The van der Waals surface area contributed by atoms with Gasteiger partial charge in [0.05, 0.1) is 12.2 Å². The SMILES string of the molecule is O=C1C(=Cc2cc(Br)cc3c2OCOC3)Oc2cc(O)ccc21. The van der Waals surface area contributed by atoms with Crippen LogP contribution in [0, 0.1) is 0 Å². The van der Waals surface area contributed by atoms with Gasteiger partial charge in [0.15, 0.2) is 12.6 Å². The lowest BCUT2D eigenvalue weighted by Gasteiger charge is -2.20. The molecule has 1 N–H and O–H groups in total. The van der Waals surface area contributed by atoms with Gasteiger partial charge in [-0.25, -0.2) is 0 Å². The topological polar surface area (TPSA) is 65.0 Å². The summed E-state index contributed by atoms with van der Waals surface area (Å²) in [5.41, 5.74) is 2.07. The van der Waals surface area contributed by atoms with Crippen LogP contribution in [0.3, 0.4) is 0 Å². The molecule has 2 heterocycles. The lowest BCUT2D eigenvalue weighted by atomic mass is 10.1. The van der Waals surface area contributed by atoms with Crippen LogP contribution in [0.15, 0.2) is 40.6 Å². The second-order valence-corrected chi connectivity index (χ2v) is 6.13. The summed E-state index contributed by atoms with van der Waals surface area (Å²) in [6.07, 6.45) is 1.65. The first-order valence-electron chi connectivity index (χ1n) is 6.92. The van der Waals surface area contributed by atoms with Gasteiger partial charge in [-0.15, -0.1) is 0 Å². The highest BCUT2D eigenvalue weighted by atomic mass is 79.9. The van der Waals surface area contributed by atoms with Crippen molar-refractivity contribution in [3.05, 3.63) is 57.3 Å². The summed E-state index contributed by atoms with van der Waals surface area (Å²) >= 11 is 3.44. The fraction of sp³-hybridized carbons (Fsp3) is 0.118. The zero-order chi connectivity index (χ0) is 16.0. The molecule has 0 spiro atoms. The number of ketones is 1. The molecule has 6 heteroatoms. The predicted octanol–water partition coefficient (Wildman–Crippen LogP) is 3.64. The Kier molecular flexibility index (Phi) is 3.36. The van der Waals surface area contributed by atoms with E-state index in [1.54, 1.807) is 12.1 Å². The highest BCUT2D eigenvalue weighted by molar-refractivity contribution is 9.10. The number of aromatic hydroxyl groups is 1. The van der Waals surface area contributed by atoms with E-state index in [2.05, 4.69) is 15.9 Å². The van der Waals surface area contributed by atoms with Gasteiger partial charge in [0.25, 0.3) is 0 Å². The van der Waals surface area contributed by atoms with Crippen LogP contribution in [0.2, 0.25) is 0 Å². The first kappa shape index (κ1) is 14.3. The lowest BCUT2D eigenvalue weighted by Crippen LogP contribution is -2.12. The van der Waals surface area contributed by atoms with Crippen molar-refractivity contribution in [1.29, 1.82) is 0 Å². The van der Waals surface area contributed by atoms with Crippen molar-refractivity contribution in [2.75, 3.05) is 6.79 Å². The second-order valence-electron chi connectivity index (χ2n) is 5.21. The van der Waals surface area contributed by atoms with Crippen LogP contribution in [-0.4, -0.2) is 17.7 Å². The third-order valence-electron chi connectivity index (χ3n) is 3.64. The molecule has 5 nitrogen and oxygen atoms in total. The molecule has 0 saturated heterocycles. The van der Waals surface area contributed by atoms with Crippen LogP contribution >= 0.6 is 15.9 Å². The molecule has 2 aliphatic heterocycles. The van der Waals surface area contributed by atoms with Gasteiger partial charge in [-0.1, -0.05) is 15.9 Å². The number of carbonyl (C=O) groups is 1. The van der Waals surface area contributed by atoms with Crippen LogP contribution in [0.5, 0.6) is 17.2 Å². The molecule has 0 aliphatic carbocycles. The number of fused-ring (bicyclic) bond motifs is 2. The number of benzene rings is 2. The van der Waals surface area contributed by atoms with Crippen molar-refractivity contribution in [3.8, 4) is 17.2 Å². The molecule has 4 rings (SSSR count). The first-order chi connectivity index (χ1) is 11.1. The fourth-order valence-electron chi connectivity index (χ4n) is 2.63. The van der Waals surface area contributed by atoms with Crippen LogP contribution in [0.4, 0.5) is 0 Å². The first-order valence-corrected chi connectivity index (χ1v) is 7.71. The zero-order valence-corrected chi connectivity index (χ0v) is 13.4. The largest absolute Gasteiger partial charge is 0.508 e. The number of hydrogen-bond donors (Lipinski definition) is 1. The summed E-state index contributed by atoms with van der Waals surface area (Å²) in [5.74, 6) is 1.07. The Bertz CT molecular complexity index is 856. The van der Waals surface area contributed by atoms with E-state index in [1.807, 2.05) is 12.1 Å². The highest BCUT2D eigenvalue weighted by Gasteiger charge is 2.28. The van der Waals surface area contributed by atoms with E-state index in [9.17, 15) is 9.90 Å². The van der Waals surface area contributed by atoms with Gasteiger partial charge in [-0.05, 0) is 30.3 Å². The van der Waals surface area contributed by atoms with E-state index in [1.165, 1.54) is 12.1 Å². The Morgan fingerprint density at radius 2 is 2.09 bits per heavy atom. The number of Topliss-reactive ketones (excluding diaryl/α,β-unsaturated/α-hetero) is 1. The van der Waals surface area contributed by atoms with Gasteiger partial charge in [0.1, 0.15) is 17.2 Å². The lowest BCUT2D eigenvalue weighted by molar-refractivity contribution is -0.0165. The van der Waals surface area contributed by atoms with Crippen molar-refractivity contribution in [2.45, 2.75) is 6.61 Å². The molecular formula is C17H11BrO5. The minimum atomic E-state index is -0.221. The van der Waals surface area contributed by atoms with Crippen LogP contribution in [0.25, 0.3) is 6.08 Å². The predicted molar refractivity (Wildman–Crippen MR) is 85.5 cm³/mol. The number of halogens is 1. The summed E-state index contributed by atoms with van der Waals surface area (Å²) in [7, 11) is 0. The zero-order valence-electron chi connectivity index (χ0n) is 11.8. The standard InChI is InChI=1S/C17H11BrO5/c18-11-3-9(17-10(4-11)7-21-8-22-17)5-15-16(20)13-2-1-12(19)6-14(13)23-15/h1-6,19H,7-8H2. The average molecular weight is 375 g/mol. The molecule has 0 unspecified atom stereocenters. The smallest absolute Gasteiger partial charge is 0.231 e. The van der Waals surface area contributed by atoms with Crippen molar-refractivity contribution in [1.82, 2.24) is 0 Å². The van der Waals surface area contributed by atoms with E-state index in [4.69, 9.17) is 14.2 Å². The van der Waals surface area contributed by atoms with Crippen LogP contribution in [-0.2, 0) is 11.3 Å². The number of rotatable bonds is 1. The van der Waals surface area contributed by atoms with Gasteiger partial charge >= 0.3 is 0 Å². The van der Waals surface area contributed by atoms with Gasteiger partial charge in [-0.2, -0.15) is 0 Å². The summed E-state index contributed by atoms with van der Waals surface area (Å²) in [6, 6.07) is 8.21. The third kappa shape index (κ3) is 2.50. The van der Waals surface area contributed by atoms with Crippen molar-refractivity contribution >= 4 is 27.8 Å². The Morgan fingerprint density at radius 3 is 2.96 bits per heavy atom. The molecular weight excluding hydrogens is 364 g/mol. The maximum absolute atomic E-state index is 12.4. The average Bonchev–Trinajstić information content (AvgIpc) is 2.82. The number of carbonyl (C=O) groups excluding carboxylic acids is 1. The van der Waals surface area contributed by atoms with E-state index in [-0.39, 0.29) is 24.1 Å². The maximum Gasteiger partial charge on any atom is 0.231 e. The minimum Gasteiger partial charge on any atom is -0.508 e. The van der Waals surface area contributed by atoms with Crippen LogP contribution < -0.4 is 9.47 Å². The Labute approximate surface area is 140 Å². The van der Waals surface area contributed by atoms with Gasteiger partial charge in [-0.3, -0.25) is 4.79 Å². The van der Waals surface area contributed by atoms with Crippen molar-refractivity contribution in [2.24, 2.45) is 0 Å². The Balaban J connectivity index is 1.78. The molecule has 0 atom stereocenters. The quantitative estimate of drug-likeness (QED) is 0.772. The molecule has 0 bridgehead atoms. The third-order valence-corrected chi connectivity index (χ3v) is 4.10. The van der Waals surface area contributed by atoms with E-state index in [0.29, 0.717) is 23.7 Å². The second kappa shape index (κ2) is 5.40. The molecule has 2 aromatic rings. The van der Waals surface area contributed by atoms with Gasteiger partial charge in [0.2, 0.25) is 5.78 Å². The molecule has 0 radical (unpaired) electrons. The number of allylic oxidation sites excluding steroid dienone is 1. The molecule has 0 amide bonds. The monoisotopic (exact) mass is 374 g/mol. The summed E-state index contributed by atoms with van der Waals surface area (Å²) in [4.78, 5) is 12.4. The fourth-order valence-corrected chi connectivity index (χ4v) is 3.16. The van der Waals surface area contributed by atoms with E-state index >= 15 is 0 Å². The Hall–Kier alpha value is -2.31. The van der Waals surface area contributed by atoms with Crippen molar-refractivity contribution in [3.63, 3.8) is 0 Å². The van der Waals surface area contributed by atoms with Gasteiger partial charge in [0, 0.05) is 21.7 Å². The molecule has 116 valence electrons. The molecule has 2 aliphatic rings. The summed E-state index contributed by atoms with van der Waals surface area (Å²) < 4.78 is 17.3. The van der Waals surface area contributed by atoms with E-state index in [0.717, 1.165) is 15.6 Å². The number of phenolic OH excluding ortho intramolecular Hbond substituents is 1. The molecule has 2 aromatic carbocycles. The Morgan fingerprint density at radius 1 is 1.22 bits per heavy atom. The molecule has 0 fully saturated rings. The normalized spacial score (nSPS) is 17.4. The molecule has 0 saturated carbocycles. The highest BCUT2D eigenvalue weighted by Crippen LogP contribution is 2.37. The summed E-state index contributed by atoms with van der Waals surface area (Å²) in [5, 5.41) is 9.50. The van der Waals surface area contributed by atoms with Gasteiger partial charge < -0.3 is 19.3 Å². The minimum absolute atomic E-state index is 0.0538. The van der Waals surface area contributed by atoms with Crippen LogP contribution in [0.1, 0.15) is 21.5 Å². The number of ether oxygens (including phenoxy) is 3. The molecule has 23 heavy (non-hydrogen) atoms. The number of phenols is 1. The molecule has 0 aromatic heterocycles.